The summed E-state index contributed by atoms with van der Waals surface area (Å²) in [4.78, 5) is 12.1. The maximum atomic E-state index is 12.1. The summed E-state index contributed by atoms with van der Waals surface area (Å²) in [6, 6.07) is 9.96. The molecular weight excluding hydrogens is 240 g/mol. The molecule has 2 rings (SSSR count). The Kier molecular flexibility index (Phi) is 4.25. The summed E-state index contributed by atoms with van der Waals surface area (Å²) in [7, 11) is 0. The molecule has 19 heavy (non-hydrogen) atoms. The SMILES string of the molecule is CCOC(=O)[C@@H]1CCC(C)(O)C[C@H]1c1ccccc1. The van der Waals surface area contributed by atoms with Gasteiger partial charge in [0.25, 0.3) is 0 Å². The summed E-state index contributed by atoms with van der Waals surface area (Å²) in [5, 5.41) is 10.3. The Hall–Kier alpha value is -1.35. The molecule has 0 bridgehead atoms. The van der Waals surface area contributed by atoms with Gasteiger partial charge in [0.1, 0.15) is 0 Å². The first-order valence-electron chi connectivity index (χ1n) is 6.97. The first-order valence-corrected chi connectivity index (χ1v) is 6.97. The molecule has 0 aromatic heterocycles. The predicted molar refractivity (Wildman–Crippen MR) is 73.8 cm³/mol. The largest absolute Gasteiger partial charge is 0.466 e. The highest BCUT2D eigenvalue weighted by Gasteiger charge is 2.41. The second-order valence-electron chi connectivity index (χ2n) is 5.62. The van der Waals surface area contributed by atoms with Crippen LogP contribution >= 0.6 is 0 Å². The second-order valence-corrected chi connectivity index (χ2v) is 5.62. The Morgan fingerprint density at radius 3 is 2.74 bits per heavy atom. The highest BCUT2D eigenvalue weighted by atomic mass is 16.5. The van der Waals surface area contributed by atoms with Crippen LogP contribution < -0.4 is 0 Å². The standard InChI is InChI=1S/C16H22O3/c1-3-19-15(17)13-9-10-16(2,18)11-14(13)12-7-5-4-6-8-12/h4-8,13-14,18H,3,9-11H2,1-2H3/t13-,14+,16?/m1/s1. The van der Waals surface area contributed by atoms with E-state index in [2.05, 4.69) is 0 Å². The van der Waals surface area contributed by atoms with Gasteiger partial charge in [-0.05, 0) is 44.6 Å². The lowest BCUT2D eigenvalue weighted by Crippen LogP contribution is -2.39. The van der Waals surface area contributed by atoms with Crippen LogP contribution in [0.25, 0.3) is 0 Å². The normalized spacial score (nSPS) is 30.9. The van der Waals surface area contributed by atoms with Crippen LogP contribution in [-0.4, -0.2) is 23.3 Å². The minimum absolute atomic E-state index is 0.0454. The van der Waals surface area contributed by atoms with E-state index < -0.39 is 5.60 Å². The smallest absolute Gasteiger partial charge is 0.309 e. The molecule has 1 unspecified atom stereocenters. The quantitative estimate of drug-likeness (QED) is 0.852. The van der Waals surface area contributed by atoms with Crippen LogP contribution in [0.5, 0.6) is 0 Å². The molecule has 0 heterocycles. The number of rotatable bonds is 3. The number of aliphatic hydroxyl groups is 1. The first-order chi connectivity index (χ1) is 9.03. The summed E-state index contributed by atoms with van der Waals surface area (Å²) in [5.41, 5.74) is 0.421. The highest BCUT2D eigenvalue weighted by Crippen LogP contribution is 2.42. The van der Waals surface area contributed by atoms with E-state index in [1.54, 1.807) is 0 Å². The second kappa shape index (κ2) is 5.74. The molecule has 3 nitrogen and oxygen atoms in total. The molecular formula is C16H22O3. The lowest BCUT2D eigenvalue weighted by molar-refractivity contribution is -0.152. The van der Waals surface area contributed by atoms with Crippen LogP contribution in [0, 0.1) is 5.92 Å². The molecule has 1 N–H and O–H groups in total. The zero-order valence-corrected chi connectivity index (χ0v) is 11.6. The molecule has 3 atom stereocenters. The summed E-state index contributed by atoms with van der Waals surface area (Å²) in [6.45, 7) is 4.09. The molecule has 0 radical (unpaired) electrons. The molecule has 1 aromatic rings. The van der Waals surface area contributed by atoms with Crippen LogP contribution in [0.15, 0.2) is 30.3 Å². The van der Waals surface area contributed by atoms with Crippen molar-refractivity contribution in [2.24, 2.45) is 5.92 Å². The highest BCUT2D eigenvalue weighted by molar-refractivity contribution is 5.74. The Morgan fingerprint density at radius 2 is 2.11 bits per heavy atom. The van der Waals surface area contributed by atoms with E-state index >= 15 is 0 Å². The van der Waals surface area contributed by atoms with E-state index in [-0.39, 0.29) is 17.8 Å². The molecule has 3 heteroatoms. The van der Waals surface area contributed by atoms with Crippen molar-refractivity contribution in [2.45, 2.75) is 44.6 Å². The Balaban J connectivity index is 2.24. The summed E-state index contributed by atoms with van der Waals surface area (Å²) in [6.07, 6.45) is 1.95. The van der Waals surface area contributed by atoms with E-state index in [4.69, 9.17) is 4.74 Å². The van der Waals surface area contributed by atoms with Crippen molar-refractivity contribution >= 4 is 5.97 Å². The van der Waals surface area contributed by atoms with Gasteiger partial charge in [0, 0.05) is 0 Å². The monoisotopic (exact) mass is 262 g/mol. The summed E-state index contributed by atoms with van der Waals surface area (Å²) in [5.74, 6) is -0.224. The molecule has 1 aromatic carbocycles. The van der Waals surface area contributed by atoms with Crippen molar-refractivity contribution in [1.29, 1.82) is 0 Å². The third-order valence-corrected chi connectivity index (χ3v) is 3.96. The number of hydrogen-bond donors (Lipinski definition) is 1. The first kappa shape index (κ1) is 14.1. The minimum atomic E-state index is -0.691. The summed E-state index contributed by atoms with van der Waals surface area (Å²) >= 11 is 0. The third-order valence-electron chi connectivity index (χ3n) is 3.96. The Labute approximate surface area is 114 Å². The Morgan fingerprint density at radius 1 is 1.42 bits per heavy atom. The third kappa shape index (κ3) is 3.35. The number of hydrogen-bond acceptors (Lipinski definition) is 3. The van der Waals surface area contributed by atoms with Crippen LogP contribution in [0.4, 0.5) is 0 Å². The van der Waals surface area contributed by atoms with Crippen molar-refractivity contribution in [3.8, 4) is 0 Å². The van der Waals surface area contributed by atoms with Crippen molar-refractivity contribution < 1.29 is 14.6 Å². The van der Waals surface area contributed by atoms with Crippen molar-refractivity contribution in [3.05, 3.63) is 35.9 Å². The van der Waals surface area contributed by atoms with E-state index in [0.717, 1.165) is 5.56 Å². The molecule has 104 valence electrons. The Bertz CT molecular complexity index is 425. The minimum Gasteiger partial charge on any atom is -0.466 e. The molecule has 1 aliphatic rings. The maximum Gasteiger partial charge on any atom is 0.309 e. The number of esters is 1. The van der Waals surface area contributed by atoms with Crippen molar-refractivity contribution in [2.75, 3.05) is 6.61 Å². The fourth-order valence-corrected chi connectivity index (χ4v) is 2.97. The van der Waals surface area contributed by atoms with Gasteiger partial charge in [-0.1, -0.05) is 30.3 Å². The lowest BCUT2D eigenvalue weighted by atomic mass is 9.69. The molecule has 0 saturated heterocycles. The molecule has 1 saturated carbocycles. The van der Waals surface area contributed by atoms with Crippen molar-refractivity contribution in [3.63, 3.8) is 0 Å². The van der Waals surface area contributed by atoms with E-state index in [1.165, 1.54) is 0 Å². The molecule has 0 aliphatic heterocycles. The molecule has 0 amide bonds. The average molecular weight is 262 g/mol. The average Bonchev–Trinajstić information content (AvgIpc) is 2.39. The van der Waals surface area contributed by atoms with Crippen LogP contribution in [0.2, 0.25) is 0 Å². The maximum absolute atomic E-state index is 12.1. The zero-order chi connectivity index (χ0) is 13.9. The molecule has 0 spiro atoms. The summed E-state index contributed by atoms with van der Waals surface area (Å²) < 4.78 is 5.18. The van der Waals surface area contributed by atoms with Gasteiger partial charge in [-0.15, -0.1) is 0 Å². The predicted octanol–water partition coefficient (Wildman–Crippen LogP) is 2.88. The van der Waals surface area contributed by atoms with E-state index in [9.17, 15) is 9.90 Å². The van der Waals surface area contributed by atoms with Crippen LogP contribution in [-0.2, 0) is 9.53 Å². The van der Waals surface area contributed by atoms with E-state index in [1.807, 2.05) is 44.2 Å². The fourth-order valence-electron chi connectivity index (χ4n) is 2.97. The molecule has 1 fully saturated rings. The number of carbonyl (C=O) groups excluding carboxylic acids is 1. The number of benzene rings is 1. The van der Waals surface area contributed by atoms with Gasteiger partial charge in [0.2, 0.25) is 0 Å². The van der Waals surface area contributed by atoms with Gasteiger partial charge in [0.05, 0.1) is 18.1 Å². The van der Waals surface area contributed by atoms with Gasteiger partial charge in [-0.3, -0.25) is 4.79 Å². The van der Waals surface area contributed by atoms with E-state index in [0.29, 0.717) is 25.9 Å². The van der Waals surface area contributed by atoms with Crippen LogP contribution in [0.1, 0.15) is 44.6 Å². The zero-order valence-electron chi connectivity index (χ0n) is 11.6. The van der Waals surface area contributed by atoms with Gasteiger partial charge < -0.3 is 9.84 Å². The van der Waals surface area contributed by atoms with Gasteiger partial charge >= 0.3 is 5.97 Å². The number of ether oxygens (including phenoxy) is 1. The van der Waals surface area contributed by atoms with Gasteiger partial charge in [-0.25, -0.2) is 0 Å². The fraction of sp³-hybridized carbons (Fsp3) is 0.562. The van der Waals surface area contributed by atoms with Crippen molar-refractivity contribution in [1.82, 2.24) is 0 Å². The lowest BCUT2D eigenvalue weighted by Gasteiger charge is -2.38. The van der Waals surface area contributed by atoms with Gasteiger partial charge in [0.15, 0.2) is 0 Å². The van der Waals surface area contributed by atoms with Crippen LogP contribution in [0.3, 0.4) is 0 Å². The molecule has 1 aliphatic carbocycles. The number of carbonyl (C=O) groups is 1. The topological polar surface area (TPSA) is 46.5 Å². The van der Waals surface area contributed by atoms with Gasteiger partial charge in [-0.2, -0.15) is 0 Å².